The standard InChI is InChI=1S/C11H18O3/c1-8(2)14-10(12)11(13)6-4-5-9(3)7-11/h8,13H,3-7H2,1-2H3/t11-/m1/s1. The van der Waals surface area contributed by atoms with Crippen molar-refractivity contribution in [3.63, 3.8) is 0 Å². The van der Waals surface area contributed by atoms with Crippen LogP contribution in [0.5, 0.6) is 0 Å². The molecule has 1 aliphatic carbocycles. The fraction of sp³-hybridized carbons (Fsp3) is 0.727. The van der Waals surface area contributed by atoms with Crippen LogP contribution < -0.4 is 0 Å². The lowest BCUT2D eigenvalue weighted by Crippen LogP contribution is -2.43. The van der Waals surface area contributed by atoms with E-state index in [1.807, 2.05) is 0 Å². The van der Waals surface area contributed by atoms with E-state index in [9.17, 15) is 9.90 Å². The average Bonchev–Trinajstić information content (AvgIpc) is 2.02. The molecule has 3 nitrogen and oxygen atoms in total. The van der Waals surface area contributed by atoms with Crippen LogP contribution in [0.3, 0.4) is 0 Å². The highest BCUT2D eigenvalue weighted by Crippen LogP contribution is 2.32. The van der Waals surface area contributed by atoms with Crippen LogP contribution in [-0.2, 0) is 9.53 Å². The Balaban J connectivity index is 2.63. The first-order chi connectivity index (χ1) is 6.44. The predicted octanol–water partition coefficient (Wildman–Crippen LogP) is 1.80. The van der Waals surface area contributed by atoms with Crippen molar-refractivity contribution in [1.29, 1.82) is 0 Å². The molecule has 0 bridgehead atoms. The summed E-state index contributed by atoms with van der Waals surface area (Å²) in [5.41, 5.74) is -0.390. The van der Waals surface area contributed by atoms with E-state index < -0.39 is 11.6 Å². The molecule has 1 N–H and O–H groups in total. The number of ether oxygens (including phenoxy) is 1. The van der Waals surface area contributed by atoms with Crippen LogP contribution in [-0.4, -0.2) is 22.8 Å². The molecule has 0 aromatic rings. The van der Waals surface area contributed by atoms with Gasteiger partial charge in [-0.1, -0.05) is 12.2 Å². The summed E-state index contributed by atoms with van der Waals surface area (Å²) < 4.78 is 5.01. The fourth-order valence-electron chi connectivity index (χ4n) is 1.72. The largest absolute Gasteiger partial charge is 0.461 e. The zero-order chi connectivity index (χ0) is 10.8. The van der Waals surface area contributed by atoms with Crippen LogP contribution in [0.4, 0.5) is 0 Å². The van der Waals surface area contributed by atoms with E-state index in [1.165, 1.54) is 0 Å². The highest BCUT2D eigenvalue weighted by molar-refractivity contribution is 5.80. The third-order valence-electron chi connectivity index (χ3n) is 2.39. The summed E-state index contributed by atoms with van der Waals surface area (Å²) in [6.07, 6.45) is 2.36. The zero-order valence-corrected chi connectivity index (χ0v) is 8.88. The van der Waals surface area contributed by atoms with Crippen molar-refractivity contribution >= 4 is 5.97 Å². The molecule has 0 aromatic carbocycles. The molecule has 0 aromatic heterocycles. The van der Waals surface area contributed by atoms with Crippen molar-refractivity contribution in [1.82, 2.24) is 0 Å². The summed E-state index contributed by atoms with van der Waals surface area (Å²) in [6.45, 7) is 7.36. The smallest absolute Gasteiger partial charge is 0.338 e. The summed E-state index contributed by atoms with van der Waals surface area (Å²) in [7, 11) is 0. The Morgan fingerprint density at radius 3 is 2.79 bits per heavy atom. The molecule has 1 rings (SSSR count). The normalized spacial score (nSPS) is 27.9. The minimum absolute atomic E-state index is 0.179. The second kappa shape index (κ2) is 4.13. The van der Waals surface area contributed by atoms with Gasteiger partial charge in [-0.25, -0.2) is 4.79 Å². The Morgan fingerprint density at radius 2 is 2.29 bits per heavy atom. The van der Waals surface area contributed by atoms with Crippen molar-refractivity contribution < 1.29 is 14.6 Å². The van der Waals surface area contributed by atoms with Crippen molar-refractivity contribution in [2.24, 2.45) is 0 Å². The molecular weight excluding hydrogens is 180 g/mol. The Bertz CT molecular complexity index is 245. The van der Waals surface area contributed by atoms with Crippen LogP contribution >= 0.6 is 0 Å². The van der Waals surface area contributed by atoms with E-state index >= 15 is 0 Å². The molecule has 0 heterocycles. The highest BCUT2D eigenvalue weighted by atomic mass is 16.6. The molecule has 1 fully saturated rings. The van der Waals surface area contributed by atoms with Gasteiger partial charge in [0.25, 0.3) is 0 Å². The van der Waals surface area contributed by atoms with Crippen molar-refractivity contribution in [2.45, 2.75) is 51.2 Å². The van der Waals surface area contributed by atoms with Crippen LogP contribution in [0.2, 0.25) is 0 Å². The van der Waals surface area contributed by atoms with Gasteiger partial charge in [0.05, 0.1) is 6.10 Å². The number of carbonyl (C=O) groups excluding carboxylic acids is 1. The lowest BCUT2D eigenvalue weighted by atomic mass is 9.82. The molecule has 14 heavy (non-hydrogen) atoms. The van der Waals surface area contributed by atoms with E-state index in [1.54, 1.807) is 13.8 Å². The summed E-state index contributed by atoms with van der Waals surface area (Å²) in [5.74, 6) is -0.506. The molecule has 0 saturated heterocycles. The van der Waals surface area contributed by atoms with Crippen molar-refractivity contribution in [3.8, 4) is 0 Å². The van der Waals surface area contributed by atoms with Gasteiger partial charge >= 0.3 is 5.97 Å². The molecule has 0 unspecified atom stereocenters. The summed E-state index contributed by atoms with van der Waals surface area (Å²) in [4.78, 5) is 11.6. The van der Waals surface area contributed by atoms with Gasteiger partial charge in [-0.3, -0.25) is 0 Å². The molecule has 80 valence electrons. The quantitative estimate of drug-likeness (QED) is 0.543. The summed E-state index contributed by atoms with van der Waals surface area (Å²) in [6, 6.07) is 0. The minimum Gasteiger partial charge on any atom is -0.461 e. The average molecular weight is 198 g/mol. The number of carbonyl (C=O) groups is 1. The molecular formula is C11H18O3. The van der Waals surface area contributed by atoms with Gasteiger partial charge in [-0.2, -0.15) is 0 Å². The first-order valence-electron chi connectivity index (χ1n) is 5.04. The topological polar surface area (TPSA) is 46.5 Å². The third kappa shape index (κ3) is 2.58. The number of aliphatic hydroxyl groups is 1. The second-order valence-corrected chi connectivity index (χ2v) is 4.27. The minimum atomic E-state index is -1.32. The Morgan fingerprint density at radius 1 is 1.64 bits per heavy atom. The lowest BCUT2D eigenvalue weighted by molar-refractivity contribution is -0.171. The zero-order valence-electron chi connectivity index (χ0n) is 8.88. The van der Waals surface area contributed by atoms with E-state index in [4.69, 9.17) is 4.74 Å². The number of esters is 1. The number of rotatable bonds is 2. The SMILES string of the molecule is C=C1CCC[C@](O)(C(=O)OC(C)C)C1. The molecule has 3 heteroatoms. The molecule has 1 aliphatic rings. The maximum absolute atomic E-state index is 11.6. The Labute approximate surface area is 84.8 Å². The fourth-order valence-corrected chi connectivity index (χ4v) is 1.72. The van der Waals surface area contributed by atoms with E-state index in [0.717, 1.165) is 18.4 Å². The molecule has 0 spiro atoms. The molecule has 0 amide bonds. The second-order valence-electron chi connectivity index (χ2n) is 4.27. The summed E-state index contributed by atoms with van der Waals surface area (Å²) in [5, 5.41) is 10.0. The Hall–Kier alpha value is -0.830. The van der Waals surface area contributed by atoms with Gasteiger partial charge in [0.15, 0.2) is 5.60 Å². The van der Waals surface area contributed by atoms with E-state index in [0.29, 0.717) is 12.8 Å². The van der Waals surface area contributed by atoms with Crippen LogP contribution in [0.25, 0.3) is 0 Å². The van der Waals surface area contributed by atoms with Gasteiger partial charge in [-0.05, 0) is 33.1 Å². The first kappa shape index (κ1) is 11.2. The molecule has 0 aliphatic heterocycles. The number of hydrogen-bond acceptors (Lipinski definition) is 3. The van der Waals surface area contributed by atoms with Gasteiger partial charge in [-0.15, -0.1) is 0 Å². The lowest BCUT2D eigenvalue weighted by Gasteiger charge is -2.31. The predicted molar refractivity (Wildman–Crippen MR) is 53.8 cm³/mol. The van der Waals surface area contributed by atoms with Gasteiger partial charge in [0.1, 0.15) is 0 Å². The number of hydrogen-bond donors (Lipinski definition) is 1. The van der Waals surface area contributed by atoms with Crippen molar-refractivity contribution in [2.75, 3.05) is 0 Å². The molecule has 1 atom stereocenters. The van der Waals surface area contributed by atoms with Crippen LogP contribution in [0, 0.1) is 0 Å². The van der Waals surface area contributed by atoms with E-state index in [2.05, 4.69) is 6.58 Å². The maximum Gasteiger partial charge on any atom is 0.338 e. The molecule has 1 saturated carbocycles. The summed E-state index contributed by atoms with van der Waals surface area (Å²) >= 11 is 0. The molecule has 0 radical (unpaired) electrons. The maximum atomic E-state index is 11.6. The monoisotopic (exact) mass is 198 g/mol. The Kier molecular flexibility index (Phi) is 3.32. The van der Waals surface area contributed by atoms with Gasteiger partial charge in [0.2, 0.25) is 0 Å². The first-order valence-corrected chi connectivity index (χ1v) is 5.04. The third-order valence-corrected chi connectivity index (χ3v) is 2.39. The van der Waals surface area contributed by atoms with E-state index in [-0.39, 0.29) is 6.10 Å². The van der Waals surface area contributed by atoms with Gasteiger partial charge in [0, 0.05) is 6.42 Å². The highest BCUT2D eigenvalue weighted by Gasteiger charge is 2.40. The van der Waals surface area contributed by atoms with Crippen LogP contribution in [0.1, 0.15) is 39.5 Å². The van der Waals surface area contributed by atoms with Gasteiger partial charge < -0.3 is 9.84 Å². The van der Waals surface area contributed by atoms with Crippen molar-refractivity contribution in [3.05, 3.63) is 12.2 Å². The van der Waals surface area contributed by atoms with Crippen LogP contribution in [0.15, 0.2) is 12.2 Å².